The summed E-state index contributed by atoms with van der Waals surface area (Å²) in [6, 6.07) is 43.0. The van der Waals surface area contributed by atoms with Crippen molar-refractivity contribution in [2.75, 3.05) is 42.3 Å². The summed E-state index contributed by atoms with van der Waals surface area (Å²) < 4.78 is 0. The zero-order valence-electron chi connectivity index (χ0n) is 31.5. The molecule has 6 rings (SSSR count). The first-order valence-electron chi connectivity index (χ1n) is 17.0. The Morgan fingerprint density at radius 3 is 1.54 bits per heavy atom. The fourth-order valence-electron chi connectivity index (χ4n) is 5.68. The van der Waals surface area contributed by atoms with E-state index in [1.807, 2.05) is 0 Å². The number of nitrogens with zero attached hydrogens (tertiary/aromatic N) is 5. The molecule has 0 aliphatic heterocycles. The Kier molecular flexibility index (Phi) is 18.9. The van der Waals surface area contributed by atoms with E-state index in [1.165, 1.54) is 32.7 Å². The van der Waals surface area contributed by atoms with Crippen molar-refractivity contribution < 1.29 is 25.8 Å². The summed E-state index contributed by atoms with van der Waals surface area (Å²) in [5.74, 6) is 0.748. The van der Waals surface area contributed by atoms with Gasteiger partial charge in [0, 0.05) is 11.3 Å². The Morgan fingerprint density at radius 2 is 0.980 bits per heavy atom. The first-order valence-corrected chi connectivity index (χ1v) is 17.0. The fourth-order valence-corrected chi connectivity index (χ4v) is 5.68. The molecule has 0 saturated carbocycles. The predicted octanol–water partition coefficient (Wildman–Crippen LogP) is 13.0. The molecule has 6 aromatic rings. The van der Waals surface area contributed by atoms with E-state index in [-0.39, 0.29) is 31.9 Å². The third kappa shape index (κ3) is 11.4. The minimum absolute atomic E-state index is 0. The van der Waals surface area contributed by atoms with Crippen molar-refractivity contribution in [3.8, 4) is 11.3 Å². The maximum Gasteiger partial charge on any atom is 4.00 e. The average Bonchev–Trinajstić information content (AvgIpc) is 3.10. The van der Waals surface area contributed by atoms with Crippen LogP contribution in [0.15, 0.2) is 121 Å². The molecule has 5 aromatic carbocycles. The Labute approximate surface area is 320 Å². The van der Waals surface area contributed by atoms with Gasteiger partial charge in [0.1, 0.15) is 0 Å². The van der Waals surface area contributed by atoms with Crippen molar-refractivity contribution in [3.63, 3.8) is 0 Å². The fraction of sp³-hybridized carbons (Fsp3) is 0.295. The van der Waals surface area contributed by atoms with Crippen LogP contribution in [0.3, 0.4) is 0 Å². The minimum atomic E-state index is -0.214. The summed E-state index contributed by atoms with van der Waals surface area (Å²) in [5, 5.41) is 20.9. The second-order valence-electron chi connectivity index (χ2n) is 12.6. The van der Waals surface area contributed by atoms with Gasteiger partial charge in [-0.25, -0.2) is 0 Å². The zero-order valence-corrected chi connectivity index (χ0v) is 35.1. The van der Waals surface area contributed by atoms with E-state index in [0.29, 0.717) is 11.8 Å². The molecule has 0 N–H and O–H groups in total. The molecule has 0 fully saturated rings. The molecule has 1 atom stereocenters. The Balaban J connectivity index is 0.000000787. The van der Waals surface area contributed by atoms with E-state index in [1.54, 1.807) is 42.3 Å². The molecule has 50 heavy (non-hydrogen) atoms. The van der Waals surface area contributed by atoms with E-state index >= 15 is 0 Å². The van der Waals surface area contributed by atoms with Crippen LogP contribution in [-0.4, -0.2) is 47.3 Å². The van der Waals surface area contributed by atoms with E-state index in [2.05, 4.69) is 165 Å². The first kappa shape index (κ1) is 42.5. The quantitative estimate of drug-likeness (QED) is 0.117. The van der Waals surface area contributed by atoms with Crippen LogP contribution in [0.1, 0.15) is 68.0 Å². The molecule has 6 heteroatoms. The van der Waals surface area contributed by atoms with Crippen molar-refractivity contribution in [2.45, 2.75) is 45.6 Å². The van der Waals surface area contributed by atoms with E-state index in [4.69, 9.17) is 10.3 Å². The van der Waals surface area contributed by atoms with Gasteiger partial charge in [0.25, 0.3) is 0 Å². The van der Waals surface area contributed by atoms with E-state index < -0.39 is 0 Å². The number of rotatable bonds is 7. The predicted molar refractivity (Wildman–Crippen MR) is 216 cm³/mol. The van der Waals surface area contributed by atoms with Crippen LogP contribution in [0, 0.1) is 0 Å². The van der Waals surface area contributed by atoms with Crippen LogP contribution >= 0.6 is 0 Å². The van der Waals surface area contributed by atoms with Gasteiger partial charge < -0.3 is 21.3 Å². The number of fused-ring (bicyclic) bond motifs is 2. The summed E-state index contributed by atoms with van der Waals surface area (Å²) in [4.78, 5) is 5.30. The van der Waals surface area contributed by atoms with Crippen LogP contribution < -0.4 is 0 Å². The molecule has 0 aliphatic carbocycles. The van der Waals surface area contributed by atoms with E-state index in [9.17, 15) is 0 Å². The number of para-hydroxylation sites is 1. The monoisotopic (exact) mass is 831 g/mol. The number of benzene rings is 5. The van der Waals surface area contributed by atoms with Crippen molar-refractivity contribution in [3.05, 3.63) is 165 Å². The van der Waals surface area contributed by atoms with Gasteiger partial charge in [0.2, 0.25) is 0 Å². The molecule has 1 unspecified atom stereocenters. The van der Waals surface area contributed by atoms with Gasteiger partial charge in [0.15, 0.2) is 0 Å². The molecular formula is C44H53HfN5. The summed E-state index contributed by atoms with van der Waals surface area (Å²) in [6.07, 6.45) is 0. The number of hydrogen-bond acceptors (Lipinski definition) is 1. The molecule has 0 spiro atoms. The first-order chi connectivity index (χ1) is 23.7. The van der Waals surface area contributed by atoms with Gasteiger partial charge >= 0.3 is 25.8 Å². The Hall–Kier alpha value is -3.68. The largest absolute Gasteiger partial charge is 4.00 e. The van der Waals surface area contributed by atoms with Crippen molar-refractivity contribution in [1.82, 2.24) is 4.98 Å². The third-order valence-corrected chi connectivity index (χ3v) is 7.79. The van der Waals surface area contributed by atoms with Crippen LogP contribution in [0.4, 0.5) is 5.69 Å². The smallest absolute Gasteiger partial charge is 0.673 e. The average molecular weight is 830 g/mol. The second-order valence-corrected chi connectivity index (χ2v) is 12.6. The summed E-state index contributed by atoms with van der Waals surface area (Å²) in [7, 11) is 10.5. The van der Waals surface area contributed by atoms with Crippen LogP contribution in [0.2, 0.25) is 0 Å². The molecule has 0 bridgehead atoms. The molecule has 258 valence electrons. The molecule has 1 heterocycles. The number of pyridine rings is 1. The van der Waals surface area contributed by atoms with Gasteiger partial charge in [-0.05, 0) is 63.7 Å². The summed E-state index contributed by atoms with van der Waals surface area (Å²) >= 11 is 0. The third-order valence-electron chi connectivity index (χ3n) is 7.79. The van der Waals surface area contributed by atoms with Gasteiger partial charge in [0.05, 0.1) is 5.69 Å². The Morgan fingerprint density at radius 1 is 0.500 bits per heavy atom. The SMILES string of the molecule is CC(C)c1cccc(C(C)C)c1[N-]C(c1ccccc1)c1cccc(-c2cccc3cc4ccccc4cc23)n1.C[N-]C.C[N-]C.C[N-]C.[Hf+4]. The maximum atomic E-state index is 5.52. The topological polar surface area (TPSA) is 69.3 Å². The van der Waals surface area contributed by atoms with Crippen molar-refractivity contribution in [2.24, 2.45) is 0 Å². The molecule has 1 aromatic heterocycles. The van der Waals surface area contributed by atoms with Gasteiger partial charge in [-0.1, -0.05) is 141 Å². The maximum absolute atomic E-state index is 5.52. The van der Waals surface area contributed by atoms with Crippen molar-refractivity contribution in [1.29, 1.82) is 0 Å². The van der Waals surface area contributed by atoms with E-state index in [0.717, 1.165) is 28.2 Å². The molecule has 0 amide bonds. The summed E-state index contributed by atoms with van der Waals surface area (Å²) in [6.45, 7) is 9.00. The van der Waals surface area contributed by atoms with Crippen LogP contribution in [0.25, 0.3) is 54.1 Å². The standard InChI is InChI=1S/C38H35N2.3C2H6N.Hf/c1-25(2)31-18-11-19-32(26(3)4)38(31)40-37(27-13-6-5-7-14-27)36-22-12-21-35(39-36)33-20-10-17-30-23-28-15-8-9-16-29(28)24-34(30)33;3*1-3-2;/h5-26,37H,1-4H3;3*1-2H3;/q4*-1;+4. The van der Waals surface area contributed by atoms with Crippen LogP contribution in [-0.2, 0) is 25.8 Å². The number of hydrogen-bond donors (Lipinski definition) is 0. The minimum Gasteiger partial charge on any atom is -0.673 e. The van der Waals surface area contributed by atoms with Crippen molar-refractivity contribution >= 4 is 27.2 Å². The molecular weight excluding hydrogens is 777 g/mol. The van der Waals surface area contributed by atoms with Gasteiger partial charge in [-0.3, -0.25) is 4.98 Å². The molecule has 5 nitrogen and oxygen atoms in total. The zero-order chi connectivity index (χ0) is 35.8. The van der Waals surface area contributed by atoms with Gasteiger partial charge in [-0.15, -0.1) is 5.69 Å². The Bertz CT molecular complexity index is 1820. The second kappa shape index (κ2) is 22.2. The summed E-state index contributed by atoms with van der Waals surface area (Å²) in [5.41, 5.74) is 7.87. The van der Waals surface area contributed by atoms with Crippen LogP contribution in [0.5, 0.6) is 0 Å². The normalized spacial score (nSPS) is 11.0. The number of aromatic nitrogens is 1. The molecule has 0 radical (unpaired) electrons. The molecule has 0 saturated heterocycles. The molecule has 0 aliphatic rings. The van der Waals surface area contributed by atoms with Gasteiger partial charge in [-0.2, -0.15) is 42.3 Å².